The van der Waals surface area contributed by atoms with Crippen molar-refractivity contribution in [1.29, 1.82) is 0 Å². The third kappa shape index (κ3) is 5.30. The zero-order valence-electron chi connectivity index (χ0n) is 11.2. The second-order valence-electron chi connectivity index (χ2n) is 4.90. The molecule has 0 aliphatic heterocycles. The van der Waals surface area contributed by atoms with Gasteiger partial charge in [0.15, 0.2) is 0 Å². The van der Waals surface area contributed by atoms with Gasteiger partial charge in [-0.3, -0.25) is 4.79 Å². The van der Waals surface area contributed by atoms with Crippen LogP contribution in [0.15, 0.2) is 0 Å². The first-order valence-corrected chi connectivity index (χ1v) is 7.64. The molecule has 100 valence electrons. The van der Waals surface area contributed by atoms with Crippen LogP contribution in [-0.2, 0) is 9.53 Å². The molecular formula is C13H25NO2S. The highest BCUT2D eigenvalue weighted by molar-refractivity contribution is 8.00. The molecule has 0 saturated heterocycles. The van der Waals surface area contributed by atoms with Crippen LogP contribution in [0.5, 0.6) is 0 Å². The van der Waals surface area contributed by atoms with Crippen LogP contribution >= 0.6 is 11.8 Å². The maximum Gasteiger partial charge on any atom is 0.315 e. The van der Waals surface area contributed by atoms with Crippen LogP contribution in [0.4, 0.5) is 0 Å². The molecule has 0 aromatic carbocycles. The van der Waals surface area contributed by atoms with Gasteiger partial charge in [-0.15, -0.1) is 11.8 Å². The Morgan fingerprint density at radius 3 is 2.88 bits per heavy atom. The molecule has 0 aromatic heterocycles. The van der Waals surface area contributed by atoms with Crippen molar-refractivity contribution >= 4 is 17.7 Å². The van der Waals surface area contributed by atoms with Gasteiger partial charge >= 0.3 is 5.97 Å². The Kier molecular flexibility index (Phi) is 6.97. The van der Waals surface area contributed by atoms with Gasteiger partial charge in [0.2, 0.25) is 0 Å². The zero-order valence-corrected chi connectivity index (χ0v) is 12.0. The summed E-state index contributed by atoms with van der Waals surface area (Å²) in [5.41, 5.74) is 0. The van der Waals surface area contributed by atoms with Crippen LogP contribution in [0.1, 0.15) is 39.5 Å². The summed E-state index contributed by atoms with van der Waals surface area (Å²) in [4.78, 5) is 11.2. The summed E-state index contributed by atoms with van der Waals surface area (Å²) >= 11 is 1.76. The minimum absolute atomic E-state index is 0.109. The second kappa shape index (κ2) is 7.98. The van der Waals surface area contributed by atoms with Crippen LogP contribution in [-0.4, -0.2) is 36.7 Å². The molecule has 3 unspecified atom stereocenters. The molecule has 0 bridgehead atoms. The van der Waals surface area contributed by atoms with E-state index in [0.717, 1.165) is 12.5 Å². The SMILES string of the molecule is CCCNC1CCC(C)CC1SCC(=O)OC. The molecular weight excluding hydrogens is 234 g/mol. The number of rotatable bonds is 6. The van der Waals surface area contributed by atoms with E-state index in [-0.39, 0.29) is 5.97 Å². The Labute approximate surface area is 109 Å². The van der Waals surface area contributed by atoms with Gasteiger partial charge < -0.3 is 10.1 Å². The number of ether oxygens (including phenoxy) is 1. The average molecular weight is 259 g/mol. The Hall–Kier alpha value is -0.220. The van der Waals surface area contributed by atoms with Gasteiger partial charge in [-0.25, -0.2) is 0 Å². The van der Waals surface area contributed by atoms with Gasteiger partial charge in [0.25, 0.3) is 0 Å². The van der Waals surface area contributed by atoms with E-state index >= 15 is 0 Å². The van der Waals surface area contributed by atoms with Crippen LogP contribution in [0, 0.1) is 5.92 Å². The largest absolute Gasteiger partial charge is 0.468 e. The lowest BCUT2D eigenvalue weighted by Gasteiger charge is -2.35. The van der Waals surface area contributed by atoms with E-state index in [9.17, 15) is 4.79 Å². The maximum atomic E-state index is 11.2. The first kappa shape index (κ1) is 14.8. The van der Waals surface area contributed by atoms with Crippen LogP contribution < -0.4 is 5.32 Å². The molecule has 17 heavy (non-hydrogen) atoms. The van der Waals surface area contributed by atoms with Gasteiger partial charge in [0, 0.05) is 11.3 Å². The summed E-state index contributed by atoms with van der Waals surface area (Å²) in [7, 11) is 1.46. The number of thioether (sulfide) groups is 1. The highest BCUT2D eigenvalue weighted by Gasteiger charge is 2.28. The van der Waals surface area contributed by atoms with Crippen molar-refractivity contribution in [2.75, 3.05) is 19.4 Å². The molecule has 0 heterocycles. The molecule has 1 aliphatic rings. The molecule has 1 N–H and O–H groups in total. The van der Waals surface area contributed by atoms with Crippen molar-refractivity contribution in [3.05, 3.63) is 0 Å². The fourth-order valence-corrected chi connectivity index (χ4v) is 3.71. The Balaban J connectivity index is 2.40. The average Bonchev–Trinajstić information content (AvgIpc) is 2.34. The molecule has 1 rings (SSSR count). The smallest absolute Gasteiger partial charge is 0.315 e. The van der Waals surface area contributed by atoms with Crippen molar-refractivity contribution in [3.8, 4) is 0 Å². The molecule has 0 spiro atoms. The number of carbonyl (C=O) groups excluding carboxylic acids is 1. The number of hydrogen-bond acceptors (Lipinski definition) is 4. The van der Waals surface area contributed by atoms with Crippen molar-refractivity contribution in [2.45, 2.75) is 50.8 Å². The third-order valence-corrected chi connectivity index (χ3v) is 4.70. The standard InChI is InChI=1S/C13H25NO2S/c1-4-7-14-11-6-5-10(2)8-12(11)17-9-13(15)16-3/h10-12,14H,4-9H2,1-3H3. The maximum absolute atomic E-state index is 11.2. The highest BCUT2D eigenvalue weighted by atomic mass is 32.2. The number of hydrogen-bond donors (Lipinski definition) is 1. The lowest BCUT2D eigenvalue weighted by Crippen LogP contribution is -2.43. The van der Waals surface area contributed by atoms with Gasteiger partial charge in [0.1, 0.15) is 0 Å². The van der Waals surface area contributed by atoms with Crippen molar-refractivity contribution < 1.29 is 9.53 Å². The molecule has 3 atom stereocenters. The van der Waals surface area contributed by atoms with E-state index in [1.54, 1.807) is 11.8 Å². The van der Waals surface area contributed by atoms with Gasteiger partial charge in [-0.05, 0) is 38.1 Å². The fraction of sp³-hybridized carbons (Fsp3) is 0.923. The van der Waals surface area contributed by atoms with E-state index in [0.29, 0.717) is 17.0 Å². The van der Waals surface area contributed by atoms with Crippen molar-refractivity contribution in [1.82, 2.24) is 5.32 Å². The van der Waals surface area contributed by atoms with E-state index in [4.69, 9.17) is 4.74 Å². The first-order chi connectivity index (χ1) is 8.17. The summed E-state index contributed by atoms with van der Waals surface area (Å²) in [5, 5.41) is 4.17. The number of methoxy groups -OCH3 is 1. The molecule has 0 radical (unpaired) electrons. The number of nitrogens with one attached hydrogen (secondary N) is 1. The predicted octanol–water partition coefficient (Wildman–Crippen LogP) is 2.45. The molecule has 3 nitrogen and oxygen atoms in total. The fourth-order valence-electron chi connectivity index (χ4n) is 2.31. The predicted molar refractivity (Wildman–Crippen MR) is 73.4 cm³/mol. The first-order valence-electron chi connectivity index (χ1n) is 6.59. The van der Waals surface area contributed by atoms with Gasteiger partial charge in [-0.2, -0.15) is 0 Å². The van der Waals surface area contributed by atoms with Gasteiger partial charge in [-0.1, -0.05) is 13.8 Å². The summed E-state index contributed by atoms with van der Waals surface area (Å²) in [6, 6.07) is 0.570. The van der Waals surface area contributed by atoms with Crippen molar-refractivity contribution in [3.63, 3.8) is 0 Å². The quantitative estimate of drug-likeness (QED) is 0.744. The number of esters is 1. The monoisotopic (exact) mass is 259 g/mol. The number of carbonyl (C=O) groups is 1. The zero-order chi connectivity index (χ0) is 12.7. The minimum atomic E-state index is -0.109. The summed E-state index contributed by atoms with van der Waals surface area (Å²) < 4.78 is 4.70. The topological polar surface area (TPSA) is 38.3 Å². The summed E-state index contributed by atoms with van der Waals surface area (Å²) in [5.74, 6) is 1.16. The van der Waals surface area contributed by atoms with Crippen LogP contribution in [0.2, 0.25) is 0 Å². The van der Waals surface area contributed by atoms with Crippen LogP contribution in [0.3, 0.4) is 0 Å². The highest BCUT2D eigenvalue weighted by Crippen LogP contribution is 2.32. The van der Waals surface area contributed by atoms with E-state index in [1.165, 1.54) is 32.8 Å². The Bertz CT molecular complexity index is 233. The molecule has 1 fully saturated rings. The molecule has 1 saturated carbocycles. The van der Waals surface area contributed by atoms with E-state index in [2.05, 4.69) is 19.2 Å². The summed E-state index contributed by atoms with van der Waals surface area (Å²) in [6.45, 7) is 5.57. The van der Waals surface area contributed by atoms with E-state index < -0.39 is 0 Å². The van der Waals surface area contributed by atoms with Gasteiger partial charge in [0.05, 0.1) is 12.9 Å². The summed E-state index contributed by atoms with van der Waals surface area (Å²) in [6.07, 6.45) is 4.92. The Morgan fingerprint density at radius 1 is 1.47 bits per heavy atom. The molecule has 1 aliphatic carbocycles. The lowest BCUT2D eigenvalue weighted by molar-refractivity contribution is -0.137. The van der Waals surface area contributed by atoms with Crippen molar-refractivity contribution in [2.24, 2.45) is 5.92 Å². The normalized spacial score (nSPS) is 29.0. The Morgan fingerprint density at radius 2 is 2.24 bits per heavy atom. The molecule has 0 amide bonds. The van der Waals surface area contributed by atoms with E-state index in [1.807, 2.05) is 0 Å². The molecule has 4 heteroatoms. The second-order valence-corrected chi connectivity index (χ2v) is 6.13. The lowest BCUT2D eigenvalue weighted by atomic mass is 9.87. The third-order valence-electron chi connectivity index (χ3n) is 3.35. The minimum Gasteiger partial charge on any atom is -0.468 e. The van der Waals surface area contributed by atoms with Crippen LogP contribution in [0.25, 0.3) is 0 Å². The molecule has 0 aromatic rings.